The highest BCUT2D eigenvalue weighted by Crippen LogP contribution is 2.39. The Morgan fingerprint density at radius 2 is 1.68 bits per heavy atom. The zero-order valence-corrected chi connectivity index (χ0v) is 21.4. The summed E-state index contributed by atoms with van der Waals surface area (Å²) in [6.07, 6.45) is -3.61. The Hall–Kier alpha value is -3.64. The molecule has 37 heavy (non-hydrogen) atoms. The molecule has 2 aromatic carbocycles. The molecule has 1 N–H and O–H groups in total. The number of rotatable bonds is 7. The predicted molar refractivity (Wildman–Crippen MR) is 133 cm³/mol. The normalized spacial score (nSPS) is 12.5. The molecule has 0 aliphatic heterocycles. The van der Waals surface area contributed by atoms with Crippen LogP contribution in [0.15, 0.2) is 71.6 Å². The fourth-order valence-corrected chi connectivity index (χ4v) is 5.09. The first-order chi connectivity index (χ1) is 17.1. The van der Waals surface area contributed by atoms with Crippen molar-refractivity contribution in [3.8, 4) is 32.4 Å². The minimum absolute atomic E-state index is 0.130. The van der Waals surface area contributed by atoms with E-state index < -0.39 is 33.3 Å². The molecule has 194 valence electrons. The van der Waals surface area contributed by atoms with Gasteiger partial charge in [-0.3, -0.25) is 0 Å². The van der Waals surface area contributed by atoms with Gasteiger partial charge in [-0.05, 0) is 61.9 Å². The van der Waals surface area contributed by atoms with E-state index in [1.807, 2.05) is 0 Å². The zero-order chi connectivity index (χ0) is 27.2. The molecule has 0 aliphatic carbocycles. The van der Waals surface area contributed by atoms with Gasteiger partial charge in [0.05, 0.1) is 21.2 Å². The second-order valence-electron chi connectivity index (χ2n) is 8.70. The second kappa shape index (κ2) is 9.34. The van der Waals surface area contributed by atoms with Crippen molar-refractivity contribution in [2.24, 2.45) is 0 Å². The minimum atomic E-state index is -4.71. The number of carboxylic acid groups (broad SMARTS) is 1. The number of halogens is 3. The van der Waals surface area contributed by atoms with E-state index in [0.717, 1.165) is 17.0 Å². The smallest absolute Gasteiger partial charge is 0.435 e. The van der Waals surface area contributed by atoms with Gasteiger partial charge < -0.3 is 9.84 Å². The van der Waals surface area contributed by atoms with Crippen LogP contribution in [0, 0.1) is 0 Å². The van der Waals surface area contributed by atoms with Crippen molar-refractivity contribution < 1.29 is 36.2 Å². The molecule has 0 saturated carbocycles. The van der Waals surface area contributed by atoms with Crippen LogP contribution in [0.2, 0.25) is 0 Å². The molecule has 0 atom stereocenters. The number of ether oxygens (including phenoxy) is 1. The van der Waals surface area contributed by atoms with Gasteiger partial charge in [-0.1, -0.05) is 18.2 Å². The van der Waals surface area contributed by atoms with Crippen LogP contribution in [0.5, 0.6) is 5.75 Å². The van der Waals surface area contributed by atoms with Gasteiger partial charge in [0.15, 0.2) is 21.1 Å². The van der Waals surface area contributed by atoms with E-state index in [9.17, 15) is 31.5 Å². The van der Waals surface area contributed by atoms with Crippen molar-refractivity contribution in [2.45, 2.75) is 30.5 Å². The molecular weight excluding hydrogens is 529 g/mol. The molecule has 0 bridgehead atoms. The van der Waals surface area contributed by atoms with Crippen LogP contribution in [-0.2, 0) is 20.8 Å². The summed E-state index contributed by atoms with van der Waals surface area (Å²) in [6.45, 7) is 2.71. The Morgan fingerprint density at radius 1 is 1.00 bits per heavy atom. The number of nitrogens with zero attached hydrogens (tertiary/aromatic N) is 2. The number of sulfone groups is 1. The lowest BCUT2D eigenvalue weighted by atomic mass is 10.1. The average Bonchev–Trinajstić information content (AvgIpc) is 3.46. The van der Waals surface area contributed by atoms with Crippen molar-refractivity contribution in [1.29, 1.82) is 0 Å². The number of aliphatic carboxylic acids is 1. The fraction of sp³-hybridized carbons (Fsp3) is 0.200. The summed E-state index contributed by atoms with van der Waals surface area (Å²) in [6, 6.07) is 16.5. The standard InChI is InChI=1S/C25H21F3N2O5S2/c1-24(2,23(31)32)35-17-8-5-7-16(13-17)30-19(14-22(29-30)25(26,27)28)21-11-10-20(36-21)15-6-4-9-18(12-15)37(3,33)34/h4-14H,1-3H3,(H,31,32). The summed E-state index contributed by atoms with van der Waals surface area (Å²) in [5.74, 6) is -1.06. The Balaban J connectivity index is 1.79. The maximum absolute atomic E-state index is 13.6. The molecule has 12 heteroatoms. The molecule has 2 heterocycles. The molecule has 4 aromatic rings. The Kier molecular flexibility index (Phi) is 6.67. The van der Waals surface area contributed by atoms with Crippen LogP contribution < -0.4 is 4.74 Å². The highest BCUT2D eigenvalue weighted by Gasteiger charge is 2.36. The van der Waals surface area contributed by atoms with E-state index in [1.165, 1.54) is 61.6 Å². The highest BCUT2D eigenvalue weighted by molar-refractivity contribution is 7.90. The van der Waals surface area contributed by atoms with Gasteiger partial charge in [-0.2, -0.15) is 18.3 Å². The monoisotopic (exact) mass is 550 g/mol. The van der Waals surface area contributed by atoms with Gasteiger partial charge in [0, 0.05) is 17.2 Å². The molecule has 0 spiro atoms. The SMILES string of the molecule is CC(C)(Oc1cccc(-n2nc(C(F)(F)F)cc2-c2ccc(-c3cccc(S(C)(=O)=O)c3)s2)c1)C(=O)O. The van der Waals surface area contributed by atoms with E-state index in [0.29, 0.717) is 15.3 Å². The Morgan fingerprint density at radius 3 is 2.32 bits per heavy atom. The van der Waals surface area contributed by atoms with E-state index in [1.54, 1.807) is 24.3 Å². The van der Waals surface area contributed by atoms with Crippen molar-refractivity contribution in [1.82, 2.24) is 9.78 Å². The first-order valence-electron chi connectivity index (χ1n) is 10.8. The van der Waals surface area contributed by atoms with Crippen molar-refractivity contribution in [3.63, 3.8) is 0 Å². The summed E-state index contributed by atoms with van der Waals surface area (Å²) in [5, 5.41) is 13.1. The summed E-state index contributed by atoms with van der Waals surface area (Å²) >= 11 is 1.18. The Bertz CT molecular complexity index is 1590. The third-order valence-corrected chi connectivity index (χ3v) is 7.62. The second-order valence-corrected chi connectivity index (χ2v) is 11.8. The first-order valence-corrected chi connectivity index (χ1v) is 13.5. The molecule has 0 aliphatic rings. The summed E-state index contributed by atoms with van der Waals surface area (Å²) in [4.78, 5) is 12.7. The van der Waals surface area contributed by atoms with Gasteiger partial charge >= 0.3 is 12.1 Å². The van der Waals surface area contributed by atoms with Crippen LogP contribution in [0.25, 0.3) is 26.7 Å². The summed E-state index contributed by atoms with van der Waals surface area (Å²) in [5.41, 5.74) is -1.68. The molecule has 0 fully saturated rings. The first kappa shape index (κ1) is 26.4. The van der Waals surface area contributed by atoms with Crippen LogP contribution >= 0.6 is 11.3 Å². The topological polar surface area (TPSA) is 98.5 Å². The largest absolute Gasteiger partial charge is 0.478 e. The highest BCUT2D eigenvalue weighted by atomic mass is 32.2. The number of thiophene rings is 1. The summed E-state index contributed by atoms with van der Waals surface area (Å²) < 4.78 is 71.4. The lowest BCUT2D eigenvalue weighted by molar-refractivity contribution is -0.152. The number of hydrogen-bond donors (Lipinski definition) is 1. The predicted octanol–water partition coefficient (Wildman–Crippen LogP) is 5.93. The molecule has 0 unspecified atom stereocenters. The number of benzene rings is 2. The van der Waals surface area contributed by atoms with Crippen LogP contribution in [-0.4, -0.2) is 41.1 Å². The number of hydrogen-bond acceptors (Lipinski definition) is 6. The van der Waals surface area contributed by atoms with Gasteiger partial charge in [-0.15, -0.1) is 11.3 Å². The van der Waals surface area contributed by atoms with Gasteiger partial charge in [0.1, 0.15) is 5.75 Å². The maximum Gasteiger partial charge on any atom is 0.435 e. The Labute approximate surface area is 214 Å². The van der Waals surface area contributed by atoms with E-state index in [-0.39, 0.29) is 22.0 Å². The third-order valence-electron chi connectivity index (χ3n) is 5.36. The van der Waals surface area contributed by atoms with E-state index >= 15 is 0 Å². The molecule has 0 radical (unpaired) electrons. The third kappa shape index (κ3) is 5.70. The molecule has 4 rings (SSSR count). The lowest BCUT2D eigenvalue weighted by Crippen LogP contribution is -2.37. The number of carbonyl (C=O) groups is 1. The van der Waals surface area contributed by atoms with Gasteiger partial charge in [-0.25, -0.2) is 17.9 Å². The molecule has 0 amide bonds. The maximum atomic E-state index is 13.6. The number of alkyl halides is 3. The zero-order valence-electron chi connectivity index (χ0n) is 19.8. The van der Waals surface area contributed by atoms with Gasteiger partial charge in [0.2, 0.25) is 0 Å². The summed E-state index contributed by atoms with van der Waals surface area (Å²) in [7, 11) is -3.44. The lowest BCUT2D eigenvalue weighted by Gasteiger charge is -2.21. The van der Waals surface area contributed by atoms with Crippen molar-refractivity contribution >= 4 is 27.1 Å². The van der Waals surface area contributed by atoms with Crippen molar-refractivity contribution in [3.05, 3.63) is 72.4 Å². The fourth-order valence-electron chi connectivity index (χ4n) is 3.42. The molecule has 7 nitrogen and oxygen atoms in total. The van der Waals surface area contributed by atoms with Crippen LogP contribution in [0.4, 0.5) is 13.2 Å². The number of carboxylic acids is 1. The quantitative estimate of drug-likeness (QED) is 0.306. The number of aromatic nitrogens is 2. The molecular formula is C25H21F3N2O5S2. The van der Waals surface area contributed by atoms with Crippen LogP contribution in [0.3, 0.4) is 0 Å². The van der Waals surface area contributed by atoms with Crippen LogP contribution in [0.1, 0.15) is 19.5 Å². The molecule has 2 aromatic heterocycles. The van der Waals surface area contributed by atoms with E-state index in [2.05, 4.69) is 5.10 Å². The van der Waals surface area contributed by atoms with Gasteiger partial charge in [0.25, 0.3) is 0 Å². The van der Waals surface area contributed by atoms with E-state index in [4.69, 9.17) is 4.74 Å². The van der Waals surface area contributed by atoms with Crippen molar-refractivity contribution in [2.75, 3.05) is 6.26 Å². The average molecular weight is 551 g/mol. The minimum Gasteiger partial charge on any atom is -0.478 e. The molecule has 0 saturated heterocycles.